The normalized spacial score (nSPS) is 17.7. The van der Waals surface area contributed by atoms with Gasteiger partial charge in [-0.1, -0.05) is 48.5 Å². The van der Waals surface area contributed by atoms with E-state index in [4.69, 9.17) is 9.73 Å². The first-order valence-electron chi connectivity index (χ1n) is 9.91. The Bertz CT molecular complexity index is 862. The SMILES string of the molecule is CN(C)C(=O)CNC(=NCc1ccccc1)NC1CC(C)(C)Oc2ccccc21. The molecule has 1 atom stereocenters. The van der Waals surface area contributed by atoms with E-state index in [1.807, 2.05) is 48.5 Å². The van der Waals surface area contributed by atoms with Gasteiger partial charge in [-0.3, -0.25) is 4.79 Å². The summed E-state index contributed by atoms with van der Waals surface area (Å²) in [6, 6.07) is 18.2. The summed E-state index contributed by atoms with van der Waals surface area (Å²) in [7, 11) is 3.49. The van der Waals surface area contributed by atoms with Crippen LogP contribution < -0.4 is 15.4 Å². The monoisotopic (exact) mass is 394 g/mol. The van der Waals surface area contributed by atoms with Crippen LogP contribution in [0.15, 0.2) is 59.6 Å². The lowest BCUT2D eigenvalue weighted by atomic mass is 9.90. The summed E-state index contributed by atoms with van der Waals surface area (Å²) in [6.07, 6.45) is 0.789. The van der Waals surface area contributed by atoms with Gasteiger partial charge in [-0.2, -0.15) is 0 Å². The van der Waals surface area contributed by atoms with Crippen molar-refractivity contribution in [3.8, 4) is 5.75 Å². The van der Waals surface area contributed by atoms with Gasteiger partial charge >= 0.3 is 0 Å². The van der Waals surface area contributed by atoms with Gasteiger partial charge in [0.05, 0.1) is 19.1 Å². The number of rotatable bonds is 5. The van der Waals surface area contributed by atoms with E-state index < -0.39 is 0 Å². The largest absolute Gasteiger partial charge is 0.487 e. The molecule has 6 heteroatoms. The molecule has 1 unspecified atom stereocenters. The molecule has 0 saturated carbocycles. The van der Waals surface area contributed by atoms with Crippen LogP contribution in [0.3, 0.4) is 0 Å². The fraction of sp³-hybridized carbons (Fsp3) is 0.391. The van der Waals surface area contributed by atoms with Crippen LogP contribution in [0.1, 0.15) is 37.4 Å². The Labute approximate surface area is 173 Å². The van der Waals surface area contributed by atoms with Crippen molar-refractivity contribution in [3.05, 3.63) is 65.7 Å². The maximum Gasteiger partial charge on any atom is 0.241 e. The number of ether oxygens (including phenoxy) is 1. The van der Waals surface area contributed by atoms with Crippen molar-refractivity contribution in [1.82, 2.24) is 15.5 Å². The van der Waals surface area contributed by atoms with E-state index in [9.17, 15) is 4.79 Å². The average molecular weight is 395 g/mol. The Morgan fingerprint density at radius 2 is 1.83 bits per heavy atom. The van der Waals surface area contributed by atoms with E-state index in [-0.39, 0.29) is 24.1 Å². The van der Waals surface area contributed by atoms with Gasteiger partial charge in [-0.15, -0.1) is 0 Å². The molecule has 2 aromatic rings. The van der Waals surface area contributed by atoms with Gasteiger partial charge < -0.3 is 20.3 Å². The van der Waals surface area contributed by atoms with Crippen LogP contribution in [0.2, 0.25) is 0 Å². The lowest BCUT2D eigenvalue weighted by Crippen LogP contribution is -2.47. The molecule has 1 amide bonds. The fourth-order valence-electron chi connectivity index (χ4n) is 3.32. The van der Waals surface area contributed by atoms with Crippen molar-refractivity contribution in [3.63, 3.8) is 0 Å². The number of fused-ring (bicyclic) bond motifs is 1. The first-order valence-corrected chi connectivity index (χ1v) is 9.91. The van der Waals surface area contributed by atoms with E-state index >= 15 is 0 Å². The summed E-state index contributed by atoms with van der Waals surface area (Å²) in [5.74, 6) is 1.49. The number of para-hydroxylation sites is 1. The second-order valence-corrected chi connectivity index (χ2v) is 8.09. The van der Waals surface area contributed by atoms with E-state index in [0.717, 1.165) is 23.3 Å². The predicted octanol–water partition coefficient (Wildman–Crippen LogP) is 3.11. The molecule has 2 aromatic carbocycles. The molecule has 2 N–H and O–H groups in total. The molecule has 0 saturated heterocycles. The molecular weight excluding hydrogens is 364 g/mol. The smallest absolute Gasteiger partial charge is 0.241 e. The lowest BCUT2D eigenvalue weighted by molar-refractivity contribution is -0.127. The number of likely N-dealkylation sites (N-methyl/N-ethyl adjacent to an activating group) is 1. The number of hydrogen-bond donors (Lipinski definition) is 2. The van der Waals surface area contributed by atoms with Crippen LogP contribution in [0.4, 0.5) is 0 Å². The third-order valence-electron chi connectivity index (χ3n) is 4.86. The van der Waals surface area contributed by atoms with Gasteiger partial charge in [0.1, 0.15) is 11.4 Å². The maximum absolute atomic E-state index is 12.1. The zero-order chi connectivity index (χ0) is 20.9. The standard InChI is InChI=1S/C23H30N4O2/c1-23(2)14-19(18-12-8-9-13-20(18)29-23)26-22(25-16-21(28)27(3)4)24-15-17-10-6-5-7-11-17/h5-13,19H,14-16H2,1-4H3,(H2,24,25,26). The molecule has 0 radical (unpaired) electrons. The number of nitrogens with one attached hydrogen (secondary N) is 2. The summed E-state index contributed by atoms with van der Waals surface area (Å²) < 4.78 is 6.13. The van der Waals surface area contributed by atoms with Gasteiger partial charge in [0.25, 0.3) is 0 Å². The number of carbonyl (C=O) groups excluding carboxylic acids is 1. The molecule has 0 aliphatic carbocycles. The van der Waals surface area contributed by atoms with Crippen LogP contribution in [0, 0.1) is 0 Å². The average Bonchev–Trinajstić information content (AvgIpc) is 2.69. The Morgan fingerprint density at radius 3 is 2.55 bits per heavy atom. The first kappa shape index (κ1) is 20.7. The van der Waals surface area contributed by atoms with Crippen molar-refractivity contribution in [2.45, 2.75) is 38.5 Å². The van der Waals surface area contributed by atoms with Crippen molar-refractivity contribution in [1.29, 1.82) is 0 Å². The predicted molar refractivity (Wildman–Crippen MR) is 116 cm³/mol. The zero-order valence-corrected chi connectivity index (χ0v) is 17.6. The highest BCUT2D eigenvalue weighted by Gasteiger charge is 2.34. The van der Waals surface area contributed by atoms with Crippen LogP contribution in [0.25, 0.3) is 0 Å². The minimum absolute atomic E-state index is 0.00748. The van der Waals surface area contributed by atoms with Gasteiger partial charge in [0.15, 0.2) is 5.96 Å². The third-order valence-corrected chi connectivity index (χ3v) is 4.86. The van der Waals surface area contributed by atoms with Gasteiger partial charge in [-0.25, -0.2) is 4.99 Å². The summed E-state index contributed by atoms with van der Waals surface area (Å²) in [4.78, 5) is 18.4. The summed E-state index contributed by atoms with van der Waals surface area (Å²) in [6.45, 7) is 4.88. The number of benzene rings is 2. The third kappa shape index (κ3) is 5.73. The molecule has 1 aliphatic rings. The molecule has 1 heterocycles. The van der Waals surface area contributed by atoms with Crippen LogP contribution in [-0.2, 0) is 11.3 Å². The first-order chi connectivity index (χ1) is 13.8. The number of nitrogens with zero attached hydrogens (tertiary/aromatic N) is 2. The van der Waals surface area contributed by atoms with Crippen molar-refractivity contribution < 1.29 is 9.53 Å². The minimum atomic E-state index is -0.296. The number of guanidine groups is 1. The van der Waals surface area contributed by atoms with Gasteiger partial charge in [0.2, 0.25) is 5.91 Å². The Kier molecular flexibility index (Phi) is 6.42. The molecule has 29 heavy (non-hydrogen) atoms. The lowest BCUT2D eigenvalue weighted by Gasteiger charge is -2.38. The number of hydrogen-bond acceptors (Lipinski definition) is 3. The number of carbonyl (C=O) groups is 1. The number of aliphatic imine (C=N–C) groups is 1. The highest BCUT2D eigenvalue weighted by atomic mass is 16.5. The summed E-state index contributed by atoms with van der Waals surface area (Å²) >= 11 is 0. The molecule has 0 spiro atoms. The molecular formula is C23H30N4O2. The van der Waals surface area contributed by atoms with Crippen molar-refractivity contribution in [2.75, 3.05) is 20.6 Å². The quantitative estimate of drug-likeness (QED) is 0.604. The Morgan fingerprint density at radius 1 is 1.14 bits per heavy atom. The molecule has 0 fully saturated rings. The van der Waals surface area contributed by atoms with Crippen LogP contribution >= 0.6 is 0 Å². The number of amides is 1. The molecule has 0 aromatic heterocycles. The van der Waals surface area contributed by atoms with E-state index in [2.05, 4.69) is 30.5 Å². The second-order valence-electron chi connectivity index (χ2n) is 8.09. The summed E-state index contributed by atoms with van der Waals surface area (Å²) in [5, 5.41) is 6.70. The van der Waals surface area contributed by atoms with E-state index in [1.54, 1.807) is 19.0 Å². The van der Waals surface area contributed by atoms with Gasteiger partial charge in [-0.05, 0) is 25.5 Å². The van der Waals surface area contributed by atoms with Crippen molar-refractivity contribution >= 4 is 11.9 Å². The zero-order valence-electron chi connectivity index (χ0n) is 17.6. The molecule has 0 bridgehead atoms. The second kappa shape index (κ2) is 8.99. The molecule has 1 aliphatic heterocycles. The fourth-order valence-corrected chi connectivity index (χ4v) is 3.32. The van der Waals surface area contributed by atoms with Gasteiger partial charge in [0, 0.05) is 26.1 Å². The van der Waals surface area contributed by atoms with Crippen LogP contribution in [-0.4, -0.2) is 43.0 Å². The maximum atomic E-state index is 12.1. The van der Waals surface area contributed by atoms with Crippen molar-refractivity contribution in [2.24, 2.45) is 4.99 Å². The topological polar surface area (TPSA) is 66.0 Å². The Balaban J connectivity index is 1.81. The molecule has 3 rings (SSSR count). The molecule has 154 valence electrons. The van der Waals surface area contributed by atoms with E-state index in [0.29, 0.717) is 12.5 Å². The molecule has 6 nitrogen and oxygen atoms in total. The summed E-state index contributed by atoms with van der Waals surface area (Å²) in [5.41, 5.74) is 1.91. The Hall–Kier alpha value is -3.02. The highest BCUT2D eigenvalue weighted by Crippen LogP contribution is 2.39. The van der Waals surface area contributed by atoms with E-state index in [1.165, 1.54) is 0 Å². The minimum Gasteiger partial charge on any atom is -0.487 e. The van der Waals surface area contributed by atoms with Crippen LogP contribution in [0.5, 0.6) is 5.75 Å². The highest BCUT2D eigenvalue weighted by molar-refractivity contribution is 5.86.